The third-order valence-electron chi connectivity index (χ3n) is 3.78. The molecule has 0 bridgehead atoms. The van der Waals surface area contributed by atoms with E-state index >= 15 is 0 Å². The average molecular weight is 276 g/mol. The second-order valence-electron chi connectivity index (χ2n) is 5.63. The van der Waals surface area contributed by atoms with Gasteiger partial charge < -0.3 is 10.2 Å². The molecule has 1 aromatic rings. The SMILES string of the molecule is CCCNc1nc(CCC)nc(N(CC)C2CC2)c1C. The van der Waals surface area contributed by atoms with Crippen LogP contribution in [-0.4, -0.2) is 29.1 Å². The van der Waals surface area contributed by atoms with Crippen molar-refractivity contribution in [2.24, 2.45) is 0 Å². The van der Waals surface area contributed by atoms with Crippen LogP contribution in [0.1, 0.15) is 57.8 Å². The summed E-state index contributed by atoms with van der Waals surface area (Å²) in [5.41, 5.74) is 1.20. The summed E-state index contributed by atoms with van der Waals surface area (Å²) in [6, 6.07) is 0.696. The van der Waals surface area contributed by atoms with Crippen LogP contribution in [0.4, 0.5) is 11.6 Å². The lowest BCUT2D eigenvalue weighted by molar-refractivity contribution is 0.770. The fraction of sp³-hybridized carbons (Fsp3) is 0.750. The van der Waals surface area contributed by atoms with Crippen LogP contribution in [0, 0.1) is 6.92 Å². The lowest BCUT2D eigenvalue weighted by Crippen LogP contribution is -2.28. The number of anilines is 2. The number of nitrogens with one attached hydrogen (secondary N) is 1. The third-order valence-corrected chi connectivity index (χ3v) is 3.78. The number of hydrogen-bond donors (Lipinski definition) is 1. The Morgan fingerprint density at radius 3 is 2.45 bits per heavy atom. The molecule has 0 spiro atoms. The summed E-state index contributed by atoms with van der Waals surface area (Å²) in [5.74, 6) is 3.15. The molecule has 1 N–H and O–H groups in total. The van der Waals surface area contributed by atoms with Gasteiger partial charge in [0, 0.05) is 31.1 Å². The van der Waals surface area contributed by atoms with Crippen LogP contribution in [0.5, 0.6) is 0 Å². The number of nitrogens with zero attached hydrogens (tertiary/aromatic N) is 3. The van der Waals surface area contributed by atoms with E-state index in [-0.39, 0.29) is 0 Å². The first-order valence-electron chi connectivity index (χ1n) is 8.09. The topological polar surface area (TPSA) is 41.1 Å². The molecule has 4 heteroatoms. The van der Waals surface area contributed by atoms with E-state index in [1.54, 1.807) is 0 Å². The molecule has 0 aromatic carbocycles. The molecule has 20 heavy (non-hydrogen) atoms. The maximum Gasteiger partial charge on any atom is 0.137 e. The summed E-state index contributed by atoms with van der Waals surface area (Å²) >= 11 is 0. The molecule has 0 saturated heterocycles. The van der Waals surface area contributed by atoms with Crippen LogP contribution >= 0.6 is 0 Å². The lowest BCUT2D eigenvalue weighted by Gasteiger charge is -2.25. The highest BCUT2D eigenvalue weighted by atomic mass is 15.2. The number of aromatic nitrogens is 2. The van der Waals surface area contributed by atoms with Crippen LogP contribution < -0.4 is 10.2 Å². The fourth-order valence-electron chi connectivity index (χ4n) is 2.55. The van der Waals surface area contributed by atoms with E-state index in [0.717, 1.165) is 49.8 Å². The van der Waals surface area contributed by atoms with E-state index in [2.05, 4.69) is 37.9 Å². The minimum Gasteiger partial charge on any atom is -0.370 e. The van der Waals surface area contributed by atoms with Gasteiger partial charge in [-0.05, 0) is 39.5 Å². The standard InChI is InChI=1S/C16H28N4/c1-5-8-14-18-15(17-11-6-2)12(4)16(19-14)20(7-3)13-9-10-13/h13H,5-11H2,1-4H3,(H,17,18,19). The summed E-state index contributed by atoms with van der Waals surface area (Å²) in [6.45, 7) is 10.7. The molecule has 4 nitrogen and oxygen atoms in total. The second kappa shape index (κ2) is 6.91. The minimum absolute atomic E-state index is 0.696. The van der Waals surface area contributed by atoms with Crippen molar-refractivity contribution >= 4 is 11.6 Å². The Hall–Kier alpha value is -1.32. The quantitative estimate of drug-likeness (QED) is 0.788. The maximum atomic E-state index is 4.84. The molecule has 1 heterocycles. The summed E-state index contributed by atoms with van der Waals surface area (Å²) < 4.78 is 0. The Bertz CT molecular complexity index is 440. The van der Waals surface area contributed by atoms with Gasteiger partial charge in [-0.15, -0.1) is 0 Å². The normalized spacial score (nSPS) is 14.4. The molecule has 1 aliphatic carbocycles. The molecule has 0 aliphatic heterocycles. The van der Waals surface area contributed by atoms with E-state index in [0.29, 0.717) is 6.04 Å². The van der Waals surface area contributed by atoms with Gasteiger partial charge in [0.25, 0.3) is 0 Å². The zero-order valence-electron chi connectivity index (χ0n) is 13.4. The average Bonchev–Trinajstić information content (AvgIpc) is 3.26. The zero-order chi connectivity index (χ0) is 14.5. The van der Waals surface area contributed by atoms with Gasteiger partial charge in [-0.3, -0.25) is 0 Å². The van der Waals surface area contributed by atoms with Crippen molar-refractivity contribution in [3.05, 3.63) is 11.4 Å². The highest BCUT2D eigenvalue weighted by Gasteiger charge is 2.30. The van der Waals surface area contributed by atoms with E-state index in [1.165, 1.54) is 18.4 Å². The molecule has 112 valence electrons. The number of aryl methyl sites for hydroxylation is 1. The van der Waals surface area contributed by atoms with Crippen molar-refractivity contribution in [1.82, 2.24) is 9.97 Å². The number of hydrogen-bond acceptors (Lipinski definition) is 4. The molecule has 1 saturated carbocycles. The highest BCUT2D eigenvalue weighted by molar-refractivity contribution is 5.59. The molecule has 1 aliphatic rings. The van der Waals surface area contributed by atoms with Crippen LogP contribution in [-0.2, 0) is 6.42 Å². The van der Waals surface area contributed by atoms with Gasteiger partial charge in [-0.2, -0.15) is 0 Å². The molecule has 0 amide bonds. The van der Waals surface area contributed by atoms with Crippen LogP contribution in [0.3, 0.4) is 0 Å². The predicted molar refractivity (Wildman–Crippen MR) is 85.6 cm³/mol. The van der Waals surface area contributed by atoms with Gasteiger partial charge in [0.2, 0.25) is 0 Å². The van der Waals surface area contributed by atoms with E-state index < -0.39 is 0 Å². The number of rotatable bonds is 8. The van der Waals surface area contributed by atoms with Crippen molar-refractivity contribution in [2.45, 2.75) is 65.8 Å². The van der Waals surface area contributed by atoms with Crippen molar-refractivity contribution in [3.63, 3.8) is 0 Å². The predicted octanol–water partition coefficient (Wildman–Crippen LogP) is 3.55. The van der Waals surface area contributed by atoms with Crippen LogP contribution in [0.15, 0.2) is 0 Å². The molecule has 0 radical (unpaired) electrons. The van der Waals surface area contributed by atoms with Gasteiger partial charge >= 0.3 is 0 Å². The van der Waals surface area contributed by atoms with Crippen molar-refractivity contribution in [2.75, 3.05) is 23.3 Å². The summed E-state index contributed by atoms with van der Waals surface area (Å²) in [6.07, 6.45) is 5.76. The van der Waals surface area contributed by atoms with Gasteiger partial charge in [-0.1, -0.05) is 13.8 Å². The molecular formula is C16H28N4. The smallest absolute Gasteiger partial charge is 0.137 e. The van der Waals surface area contributed by atoms with Gasteiger partial charge in [0.15, 0.2) is 0 Å². The first-order chi connectivity index (χ1) is 9.71. The first-order valence-corrected chi connectivity index (χ1v) is 8.09. The fourth-order valence-corrected chi connectivity index (χ4v) is 2.55. The van der Waals surface area contributed by atoms with E-state index in [4.69, 9.17) is 9.97 Å². The molecular weight excluding hydrogens is 248 g/mol. The Morgan fingerprint density at radius 2 is 1.90 bits per heavy atom. The molecule has 0 atom stereocenters. The van der Waals surface area contributed by atoms with Gasteiger partial charge in [0.1, 0.15) is 17.5 Å². The highest BCUT2D eigenvalue weighted by Crippen LogP contribution is 2.33. The van der Waals surface area contributed by atoms with Crippen molar-refractivity contribution in [1.29, 1.82) is 0 Å². The van der Waals surface area contributed by atoms with Crippen molar-refractivity contribution < 1.29 is 0 Å². The minimum atomic E-state index is 0.696. The summed E-state index contributed by atoms with van der Waals surface area (Å²) in [4.78, 5) is 12.0. The van der Waals surface area contributed by atoms with Gasteiger partial charge in [-0.25, -0.2) is 9.97 Å². The first kappa shape index (κ1) is 15.1. The molecule has 2 rings (SSSR count). The zero-order valence-corrected chi connectivity index (χ0v) is 13.4. The maximum absolute atomic E-state index is 4.84. The Labute approximate surface area is 123 Å². The Morgan fingerprint density at radius 1 is 1.15 bits per heavy atom. The third kappa shape index (κ3) is 3.41. The molecule has 1 aromatic heterocycles. The Kier molecular flexibility index (Phi) is 5.21. The van der Waals surface area contributed by atoms with E-state index in [1.807, 2.05) is 0 Å². The van der Waals surface area contributed by atoms with E-state index in [9.17, 15) is 0 Å². The summed E-state index contributed by atoms with van der Waals surface area (Å²) in [5, 5.41) is 3.46. The van der Waals surface area contributed by atoms with Crippen molar-refractivity contribution in [3.8, 4) is 0 Å². The molecule has 0 unspecified atom stereocenters. The van der Waals surface area contributed by atoms with Gasteiger partial charge in [0.05, 0.1) is 0 Å². The Balaban J connectivity index is 2.33. The lowest BCUT2D eigenvalue weighted by atomic mass is 10.2. The van der Waals surface area contributed by atoms with Crippen LogP contribution in [0.2, 0.25) is 0 Å². The van der Waals surface area contributed by atoms with Crippen LogP contribution in [0.25, 0.3) is 0 Å². The largest absolute Gasteiger partial charge is 0.370 e. The molecule has 1 fully saturated rings. The summed E-state index contributed by atoms with van der Waals surface area (Å²) in [7, 11) is 0. The monoisotopic (exact) mass is 276 g/mol. The second-order valence-corrected chi connectivity index (χ2v) is 5.63.